The molecule has 0 fully saturated rings. The largest absolute Gasteiger partial charge is 0.301 e. The third-order valence-electron chi connectivity index (χ3n) is 5.11. The van der Waals surface area contributed by atoms with Crippen molar-refractivity contribution in [1.82, 2.24) is 14.8 Å². The molecule has 0 aliphatic rings. The topological polar surface area (TPSA) is 173 Å². The molecule has 0 unspecified atom stereocenters. The number of aromatic amines is 1. The molecule has 0 radical (unpaired) electrons. The van der Waals surface area contributed by atoms with Crippen LogP contribution < -0.4 is 5.56 Å². The number of azo groups is 1. The Balaban J connectivity index is 1.62. The van der Waals surface area contributed by atoms with Crippen molar-refractivity contribution in [1.29, 1.82) is 0 Å². The number of nitrogens with one attached hydrogen (secondary N) is 1. The molecule has 0 aliphatic heterocycles. The summed E-state index contributed by atoms with van der Waals surface area (Å²) < 4.78 is 33.7. The zero-order valence-corrected chi connectivity index (χ0v) is 19.6. The lowest BCUT2D eigenvalue weighted by Gasteiger charge is -2.00. The van der Waals surface area contributed by atoms with Gasteiger partial charge in [0.15, 0.2) is 5.69 Å². The standard InChI is InChI=1S/C22H14N6O6S2/c29-21-20(25-24-14-7-11-16(12-8-14)36(32,33)34)19(13-5-9-15(10-6-13)28(30)31)26-27(21)22-23-17-3-1-2-4-18(17)35-22/h1-12,26H,(H,32,33,34). The summed E-state index contributed by atoms with van der Waals surface area (Å²) >= 11 is 1.28. The summed E-state index contributed by atoms with van der Waals surface area (Å²) in [5.74, 6) is 0. The van der Waals surface area contributed by atoms with Gasteiger partial charge in [0, 0.05) is 17.7 Å². The second-order valence-electron chi connectivity index (χ2n) is 7.41. The lowest BCUT2D eigenvalue weighted by atomic mass is 10.1. The van der Waals surface area contributed by atoms with Crippen LogP contribution in [-0.2, 0) is 10.1 Å². The average molecular weight is 523 g/mol. The first kappa shape index (κ1) is 23.2. The van der Waals surface area contributed by atoms with E-state index in [2.05, 4.69) is 20.3 Å². The second kappa shape index (κ2) is 8.92. The molecule has 36 heavy (non-hydrogen) atoms. The predicted molar refractivity (Wildman–Crippen MR) is 132 cm³/mol. The van der Waals surface area contributed by atoms with Crippen LogP contribution in [0.15, 0.2) is 92.7 Å². The molecule has 2 heterocycles. The van der Waals surface area contributed by atoms with Crippen molar-refractivity contribution < 1.29 is 17.9 Å². The number of nitrogens with zero attached hydrogens (tertiary/aromatic N) is 5. The van der Waals surface area contributed by atoms with Crippen LogP contribution in [0.2, 0.25) is 0 Å². The van der Waals surface area contributed by atoms with Gasteiger partial charge in [-0.15, -0.1) is 5.11 Å². The maximum Gasteiger partial charge on any atom is 0.301 e. The van der Waals surface area contributed by atoms with Gasteiger partial charge in [-0.25, -0.2) is 4.98 Å². The molecule has 0 atom stereocenters. The Labute approximate surface area is 206 Å². The third-order valence-corrected chi connectivity index (χ3v) is 7.00. The van der Waals surface area contributed by atoms with Gasteiger partial charge in [0.2, 0.25) is 5.13 Å². The molecule has 0 saturated heterocycles. The summed E-state index contributed by atoms with van der Waals surface area (Å²) in [5, 5.41) is 22.5. The molecule has 180 valence electrons. The molecule has 3 aromatic carbocycles. The van der Waals surface area contributed by atoms with E-state index in [-0.39, 0.29) is 27.7 Å². The molecule has 0 spiro atoms. The lowest BCUT2D eigenvalue weighted by Crippen LogP contribution is -2.13. The van der Waals surface area contributed by atoms with Crippen LogP contribution in [0.3, 0.4) is 0 Å². The number of nitro benzene ring substituents is 1. The molecular formula is C22H14N6O6S2. The summed E-state index contributed by atoms with van der Waals surface area (Å²) in [4.78, 5) is 28.0. The van der Waals surface area contributed by atoms with Gasteiger partial charge in [0.05, 0.1) is 31.4 Å². The van der Waals surface area contributed by atoms with E-state index in [1.165, 1.54) is 52.4 Å². The Morgan fingerprint density at radius 1 is 1.00 bits per heavy atom. The maximum absolute atomic E-state index is 13.3. The number of fused-ring (bicyclic) bond motifs is 1. The first-order chi connectivity index (χ1) is 17.2. The van der Waals surface area contributed by atoms with Gasteiger partial charge in [-0.3, -0.25) is 24.6 Å². The van der Waals surface area contributed by atoms with Crippen molar-refractivity contribution >= 4 is 48.7 Å². The van der Waals surface area contributed by atoms with Crippen LogP contribution in [0, 0.1) is 10.1 Å². The van der Waals surface area contributed by atoms with Gasteiger partial charge in [0.25, 0.3) is 15.8 Å². The van der Waals surface area contributed by atoms with Crippen LogP contribution in [0.5, 0.6) is 0 Å². The molecule has 0 saturated carbocycles. The fraction of sp³-hybridized carbons (Fsp3) is 0. The van der Waals surface area contributed by atoms with E-state index < -0.39 is 20.6 Å². The summed E-state index contributed by atoms with van der Waals surface area (Å²) in [7, 11) is -4.37. The Morgan fingerprint density at radius 2 is 1.69 bits per heavy atom. The molecule has 0 aliphatic carbocycles. The summed E-state index contributed by atoms with van der Waals surface area (Å²) in [5.41, 5.74) is 0.888. The number of nitro groups is 1. The number of benzene rings is 3. The van der Waals surface area contributed by atoms with Crippen molar-refractivity contribution in [2.24, 2.45) is 10.2 Å². The van der Waals surface area contributed by atoms with Crippen molar-refractivity contribution in [2.75, 3.05) is 0 Å². The van der Waals surface area contributed by atoms with Crippen LogP contribution in [0.25, 0.3) is 26.6 Å². The normalized spacial score (nSPS) is 11.9. The lowest BCUT2D eigenvalue weighted by molar-refractivity contribution is -0.384. The molecule has 0 bridgehead atoms. The molecular weight excluding hydrogens is 508 g/mol. The van der Waals surface area contributed by atoms with Gasteiger partial charge in [0.1, 0.15) is 0 Å². The number of rotatable bonds is 6. The van der Waals surface area contributed by atoms with Crippen molar-refractivity contribution in [3.63, 3.8) is 0 Å². The summed E-state index contributed by atoms with van der Waals surface area (Å²) in [6.07, 6.45) is 0. The highest BCUT2D eigenvalue weighted by atomic mass is 32.2. The van der Waals surface area contributed by atoms with E-state index in [1.54, 1.807) is 0 Å². The number of hydrogen-bond acceptors (Lipinski definition) is 9. The number of aromatic nitrogens is 3. The molecule has 5 rings (SSSR count). The van der Waals surface area contributed by atoms with E-state index in [9.17, 15) is 23.3 Å². The molecule has 2 aromatic heterocycles. The minimum absolute atomic E-state index is 0.0815. The number of hydrogen-bond donors (Lipinski definition) is 2. The van der Waals surface area contributed by atoms with E-state index in [4.69, 9.17) is 4.55 Å². The smallest absolute Gasteiger partial charge is 0.286 e. The molecule has 5 aromatic rings. The Bertz CT molecular complexity index is 1770. The summed E-state index contributed by atoms with van der Waals surface area (Å²) in [6, 6.07) is 17.9. The van der Waals surface area contributed by atoms with Gasteiger partial charge >= 0.3 is 5.56 Å². The highest BCUT2D eigenvalue weighted by Crippen LogP contribution is 2.31. The number of non-ortho nitro benzene ring substituents is 1. The zero-order chi connectivity index (χ0) is 25.4. The average Bonchev–Trinajstić information content (AvgIpc) is 3.43. The van der Waals surface area contributed by atoms with Crippen molar-refractivity contribution in [3.05, 3.63) is 93.3 Å². The Hall–Kier alpha value is -4.53. The Kier molecular flexibility index (Phi) is 5.75. The molecule has 14 heteroatoms. The number of thiazole rings is 1. The van der Waals surface area contributed by atoms with E-state index in [0.717, 1.165) is 16.8 Å². The van der Waals surface area contributed by atoms with E-state index >= 15 is 0 Å². The number of para-hydroxylation sites is 1. The first-order valence-corrected chi connectivity index (χ1v) is 12.4. The predicted octanol–water partition coefficient (Wildman–Crippen LogP) is 5.01. The monoisotopic (exact) mass is 522 g/mol. The van der Waals surface area contributed by atoms with Crippen LogP contribution in [0.4, 0.5) is 17.1 Å². The number of H-pyrrole nitrogens is 1. The maximum atomic E-state index is 13.3. The van der Waals surface area contributed by atoms with Crippen LogP contribution >= 0.6 is 11.3 Å². The van der Waals surface area contributed by atoms with Gasteiger partial charge < -0.3 is 0 Å². The van der Waals surface area contributed by atoms with Crippen LogP contribution in [-0.4, -0.2) is 32.7 Å². The van der Waals surface area contributed by atoms with E-state index in [1.807, 2.05) is 24.3 Å². The minimum atomic E-state index is -4.37. The summed E-state index contributed by atoms with van der Waals surface area (Å²) in [6.45, 7) is 0. The van der Waals surface area contributed by atoms with Gasteiger partial charge in [-0.1, -0.05) is 23.5 Å². The minimum Gasteiger partial charge on any atom is -0.286 e. The van der Waals surface area contributed by atoms with Crippen LogP contribution in [0.1, 0.15) is 0 Å². The van der Waals surface area contributed by atoms with Crippen molar-refractivity contribution in [3.8, 4) is 16.4 Å². The SMILES string of the molecule is O=c1c(N=Nc2ccc(S(=O)(=O)O)cc2)c(-c2ccc([N+](=O)[O-])cc2)[nH]n1-c1nc2ccccc2s1. The molecule has 0 amide bonds. The fourth-order valence-corrected chi connectivity index (χ4v) is 4.76. The van der Waals surface area contributed by atoms with Gasteiger partial charge in [-0.05, 0) is 48.5 Å². The second-order valence-corrected chi connectivity index (χ2v) is 9.84. The van der Waals surface area contributed by atoms with Gasteiger partial charge in [-0.2, -0.15) is 18.2 Å². The molecule has 2 N–H and O–H groups in total. The van der Waals surface area contributed by atoms with E-state index in [0.29, 0.717) is 16.2 Å². The third kappa shape index (κ3) is 4.43. The first-order valence-electron chi connectivity index (χ1n) is 10.2. The zero-order valence-electron chi connectivity index (χ0n) is 18.0. The Morgan fingerprint density at radius 3 is 2.33 bits per heavy atom. The quantitative estimate of drug-likeness (QED) is 0.136. The fourth-order valence-electron chi connectivity index (χ4n) is 3.36. The van der Waals surface area contributed by atoms with Crippen molar-refractivity contribution in [2.45, 2.75) is 4.90 Å². The highest BCUT2D eigenvalue weighted by molar-refractivity contribution is 7.85. The highest BCUT2D eigenvalue weighted by Gasteiger charge is 2.20. The molecule has 12 nitrogen and oxygen atoms in total.